The lowest BCUT2D eigenvalue weighted by Crippen LogP contribution is -2.31. The van der Waals surface area contributed by atoms with Gasteiger partial charge < -0.3 is 9.84 Å². The SMILES string of the molecule is OCC1CCCN1Cc1ccccc1OC(F)F. The number of hydrogen-bond donors (Lipinski definition) is 1. The van der Waals surface area contributed by atoms with Gasteiger partial charge in [-0.05, 0) is 25.5 Å². The Balaban J connectivity index is 2.08. The zero-order valence-electron chi connectivity index (χ0n) is 10.1. The molecular formula is C13H17F2NO2. The van der Waals surface area contributed by atoms with Crippen LogP contribution in [0.25, 0.3) is 0 Å². The Hall–Kier alpha value is -1.20. The molecule has 100 valence electrons. The number of halogens is 2. The number of ether oxygens (including phenoxy) is 1. The molecule has 1 saturated heterocycles. The Bertz CT molecular complexity index is 387. The molecule has 1 aromatic carbocycles. The fraction of sp³-hybridized carbons (Fsp3) is 0.538. The van der Waals surface area contributed by atoms with Crippen molar-refractivity contribution in [3.63, 3.8) is 0 Å². The normalized spacial score (nSPS) is 20.6. The summed E-state index contributed by atoms with van der Waals surface area (Å²) in [6.45, 7) is -1.28. The number of aliphatic hydroxyl groups excluding tert-OH is 1. The third-order valence-corrected chi connectivity index (χ3v) is 3.27. The van der Waals surface area contributed by atoms with Gasteiger partial charge in [-0.3, -0.25) is 4.90 Å². The van der Waals surface area contributed by atoms with E-state index < -0.39 is 6.61 Å². The number of para-hydroxylation sites is 1. The molecule has 0 amide bonds. The zero-order chi connectivity index (χ0) is 13.0. The highest BCUT2D eigenvalue weighted by molar-refractivity contribution is 5.33. The van der Waals surface area contributed by atoms with Crippen LogP contribution in [-0.2, 0) is 6.54 Å². The minimum absolute atomic E-state index is 0.109. The molecule has 18 heavy (non-hydrogen) atoms. The van der Waals surface area contributed by atoms with Crippen molar-refractivity contribution in [3.05, 3.63) is 29.8 Å². The molecule has 1 unspecified atom stereocenters. The van der Waals surface area contributed by atoms with Crippen LogP contribution in [0, 0.1) is 0 Å². The van der Waals surface area contributed by atoms with Crippen LogP contribution in [0.5, 0.6) is 5.75 Å². The van der Waals surface area contributed by atoms with Crippen LogP contribution in [0.2, 0.25) is 0 Å². The van der Waals surface area contributed by atoms with Crippen molar-refractivity contribution in [1.29, 1.82) is 0 Å². The van der Waals surface area contributed by atoms with Gasteiger partial charge in [0.15, 0.2) is 0 Å². The van der Waals surface area contributed by atoms with Gasteiger partial charge in [0, 0.05) is 18.2 Å². The second-order valence-corrected chi connectivity index (χ2v) is 4.44. The largest absolute Gasteiger partial charge is 0.434 e. The van der Waals surface area contributed by atoms with E-state index in [1.54, 1.807) is 24.3 Å². The van der Waals surface area contributed by atoms with Crippen LogP contribution in [-0.4, -0.2) is 35.8 Å². The van der Waals surface area contributed by atoms with Crippen molar-refractivity contribution in [2.45, 2.75) is 32.0 Å². The molecule has 0 bridgehead atoms. The standard InChI is InChI=1S/C13H17F2NO2/c14-13(15)18-12-6-2-1-4-10(12)8-16-7-3-5-11(16)9-17/h1-2,4,6,11,13,17H,3,5,7-9H2. The fourth-order valence-corrected chi connectivity index (χ4v) is 2.37. The number of likely N-dealkylation sites (tertiary alicyclic amines) is 1. The number of benzene rings is 1. The fourth-order valence-electron chi connectivity index (χ4n) is 2.37. The molecule has 5 heteroatoms. The van der Waals surface area contributed by atoms with Crippen molar-refractivity contribution in [1.82, 2.24) is 4.90 Å². The molecule has 1 N–H and O–H groups in total. The second kappa shape index (κ2) is 6.11. The number of aliphatic hydroxyl groups is 1. The summed E-state index contributed by atoms with van der Waals surface area (Å²) in [5.41, 5.74) is 0.734. The molecule has 0 spiro atoms. The molecule has 1 heterocycles. The highest BCUT2D eigenvalue weighted by atomic mass is 19.3. The Kier molecular flexibility index (Phi) is 4.49. The first-order valence-corrected chi connectivity index (χ1v) is 6.08. The average Bonchev–Trinajstić information content (AvgIpc) is 2.78. The minimum atomic E-state index is -2.81. The average molecular weight is 257 g/mol. The van der Waals surface area contributed by atoms with Gasteiger partial charge in [0.05, 0.1) is 6.61 Å². The highest BCUT2D eigenvalue weighted by Crippen LogP contribution is 2.25. The van der Waals surface area contributed by atoms with Gasteiger partial charge in [-0.1, -0.05) is 18.2 Å². The van der Waals surface area contributed by atoms with Gasteiger partial charge in [0.25, 0.3) is 0 Å². The van der Waals surface area contributed by atoms with Crippen molar-refractivity contribution in [3.8, 4) is 5.75 Å². The van der Waals surface area contributed by atoms with Gasteiger partial charge in [0.2, 0.25) is 0 Å². The van der Waals surface area contributed by atoms with Gasteiger partial charge in [-0.25, -0.2) is 0 Å². The van der Waals surface area contributed by atoms with E-state index in [1.807, 2.05) is 0 Å². The molecule has 2 rings (SSSR count). The summed E-state index contributed by atoms with van der Waals surface area (Å²) in [6, 6.07) is 6.94. The van der Waals surface area contributed by atoms with E-state index in [0.717, 1.165) is 24.9 Å². The first-order valence-electron chi connectivity index (χ1n) is 6.08. The monoisotopic (exact) mass is 257 g/mol. The maximum atomic E-state index is 12.3. The lowest BCUT2D eigenvalue weighted by Gasteiger charge is -2.23. The summed E-state index contributed by atoms with van der Waals surface area (Å²) in [6.07, 6.45) is 1.98. The van der Waals surface area contributed by atoms with E-state index in [9.17, 15) is 13.9 Å². The van der Waals surface area contributed by atoms with Crippen LogP contribution in [0.15, 0.2) is 24.3 Å². The number of nitrogens with zero attached hydrogens (tertiary/aromatic N) is 1. The Morgan fingerprint density at radius 2 is 2.17 bits per heavy atom. The lowest BCUT2D eigenvalue weighted by atomic mass is 10.1. The predicted molar refractivity (Wildman–Crippen MR) is 63.6 cm³/mol. The third kappa shape index (κ3) is 3.17. The van der Waals surface area contributed by atoms with Gasteiger partial charge in [0.1, 0.15) is 5.75 Å². The summed E-state index contributed by atoms with van der Waals surface area (Å²) in [7, 11) is 0. The van der Waals surface area contributed by atoms with Crippen LogP contribution in [0.3, 0.4) is 0 Å². The molecule has 0 aliphatic carbocycles. The summed E-state index contributed by atoms with van der Waals surface area (Å²) < 4.78 is 29.1. The van der Waals surface area contributed by atoms with Gasteiger partial charge in [-0.15, -0.1) is 0 Å². The first kappa shape index (κ1) is 13.2. The first-order chi connectivity index (χ1) is 8.70. The quantitative estimate of drug-likeness (QED) is 0.878. The van der Waals surface area contributed by atoms with Crippen LogP contribution in [0.1, 0.15) is 18.4 Å². The molecule has 1 fully saturated rings. The topological polar surface area (TPSA) is 32.7 Å². The maximum absolute atomic E-state index is 12.3. The summed E-state index contributed by atoms with van der Waals surface area (Å²) in [5.74, 6) is 0.219. The lowest BCUT2D eigenvalue weighted by molar-refractivity contribution is -0.0508. The maximum Gasteiger partial charge on any atom is 0.387 e. The molecule has 1 aliphatic rings. The third-order valence-electron chi connectivity index (χ3n) is 3.27. The van der Waals surface area contributed by atoms with E-state index >= 15 is 0 Å². The van der Waals surface area contributed by atoms with E-state index in [0.29, 0.717) is 6.54 Å². The molecule has 1 aliphatic heterocycles. The summed E-state index contributed by atoms with van der Waals surface area (Å²) >= 11 is 0. The molecular weight excluding hydrogens is 240 g/mol. The summed E-state index contributed by atoms with van der Waals surface area (Å²) in [5, 5.41) is 9.24. The molecule has 1 atom stereocenters. The van der Waals surface area contributed by atoms with Gasteiger partial charge >= 0.3 is 6.61 Å². The molecule has 0 radical (unpaired) electrons. The Morgan fingerprint density at radius 1 is 1.39 bits per heavy atom. The van der Waals surface area contributed by atoms with Crippen molar-refractivity contribution in [2.75, 3.05) is 13.2 Å². The number of rotatable bonds is 5. The zero-order valence-corrected chi connectivity index (χ0v) is 10.1. The molecule has 0 saturated carbocycles. The van der Waals surface area contributed by atoms with Crippen LogP contribution in [0.4, 0.5) is 8.78 Å². The molecule has 0 aromatic heterocycles. The van der Waals surface area contributed by atoms with Gasteiger partial charge in [-0.2, -0.15) is 8.78 Å². The number of alkyl halides is 2. The molecule has 3 nitrogen and oxygen atoms in total. The van der Waals surface area contributed by atoms with Crippen LogP contribution < -0.4 is 4.74 Å². The van der Waals surface area contributed by atoms with Crippen molar-refractivity contribution >= 4 is 0 Å². The second-order valence-electron chi connectivity index (χ2n) is 4.44. The molecule has 1 aromatic rings. The Morgan fingerprint density at radius 3 is 2.89 bits per heavy atom. The highest BCUT2D eigenvalue weighted by Gasteiger charge is 2.24. The predicted octanol–water partition coefficient (Wildman–Crippen LogP) is 2.24. The van der Waals surface area contributed by atoms with E-state index in [4.69, 9.17) is 0 Å². The summed E-state index contributed by atoms with van der Waals surface area (Å²) in [4.78, 5) is 2.10. The van der Waals surface area contributed by atoms with E-state index in [-0.39, 0.29) is 18.4 Å². The van der Waals surface area contributed by atoms with Crippen molar-refractivity contribution < 1.29 is 18.6 Å². The van der Waals surface area contributed by atoms with E-state index in [1.165, 1.54) is 0 Å². The Labute approximate surface area is 105 Å². The minimum Gasteiger partial charge on any atom is -0.434 e. The van der Waals surface area contributed by atoms with E-state index in [2.05, 4.69) is 9.64 Å². The number of hydrogen-bond acceptors (Lipinski definition) is 3. The van der Waals surface area contributed by atoms with Crippen molar-refractivity contribution in [2.24, 2.45) is 0 Å². The van der Waals surface area contributed by atoms with Crippen LogP contribution >= 0.6 is 0 Å². The smallest absolute Gasteiger partial charge is 0.387 e.